The average Bonchev–Trinajstić information content (AvgIpc) is 2.61. The van der Waals surface area contributed by atoms with E-state index in [2.05, 4.69) is 15.6 Å². The molecule has 0 aliphatic rings. The summed E-state index contributed by atoms with van der Waals surface area (Å²) in [6, 6.07) is 12.4. The molecule has 0 fully saturated rings. The van der Waals surface area contributed by atoms with Gasteiger partial charge in [-0.3, -0.25) is 9.78 Å². The molecule has 1 aromatic carbocycles. The maximum Gasteiger partial charge on any atom is 0.263 e. The van der Waals surface area contributed by atoms with Crippen LogP contribution in [0.25, 0.3) is 0 Å². The molecule has 0 atom stereocenters. The van der Waals surface area contributed by atoms with Gasteiger partial charge in [0.05, 0.1) is 0 Å². The molecule has 6 heteroatoms. The Morgan fingerprint density at radius 3 is 2.54 bits per heavy atom. The molecule has 0 saturated heterocycles. The Morgan fingerprint density at radius 2 is 1.88 bits per heavy atom. The van der Waals surface area contributed by atoms with Crippen LogP contribution in [0.1, 0.15) is 11.1 Å². The minimum absolute atomic E-state index is 0.0229. The van der Waals surface area contributed by atoms with Crippen LogP contribution >= 0.6 is 0 Å². The molecule has 2 aromatic rings. The molecule has 6 nitrogen and oxygen atoms in total. The molecule has 122 valence electrons. The number of hydrogen-bond donors (Lipinski definition) is 3. The maximum atomic E-state index is 12.0. The number of carbonyl (C=O) groups excluding carboxylic acids is 1. The van der Waals surface area contributed by atoms with Crippen molar-refractivity contribution < 1.29 is 9.90 Å². The summed E-state index contributed by atoms with van der Waals surface area (Å²) in [7, 11) is 0. The Labute approximate surface area is 140 Å². The first kappa shape index (κ1) is 17.0. The van der Waals surface area contributed by atoms with Crippen LogP contribution in [-0.2, 0) is 17.8 Å². The summed E-state index contributed by atoms with van der Waals surface area (Å²) < 4.78 is 0. The second-order valence-corrected chi connectivity index (χ2v) is 5.08. The summed E-state index contributed by atoms with van der Waals surface area (Å²) in [6.07, 6.45) is 5.40. The summed E-state index contributed by atoms with van der Waals surface area (Å²) in [6.45, 7) is 0.918. The third kappa shape index (κ3) is 5.46. The third-order valence-corrected chi connectivity index (χ3v) is 3.30. The monoisotopic (exact) mass is 322 g/mol. The molecule has 2 rings (SSSR count). The topological polar surface area (TPSA) is 98.0 Å². The highest BCUT2D eigenvalue weighted by molar-refractivity contribution is 5.97. The SMILES string of the molecule is N#C/C(=C/NCc1ccncc1)C(=O)NCCc1ccc(O)cc1. The van der Waals surface area contributed by atoms with Crippen molar-refractivity contribution >= 4 is 5.91 Å². The quantitative estimate of drug-likeness (QED) is 0.532. The number of carbonyl (C=O) groups is 1. The van der Waals surface area contributed by atoms with E-state index in [4.69, 9.17) is 5.26 Å². The van der Waals surface area contributed by atoms with Crippen molar-refractivity contribution in [2.24, 2.45) is 0 Å². The van der Waals surface area contributed by atoms with Crippen LogP contribution in [0.5, 0.6) is 5.75 Å². The number of phenols is 1. The molecule has 24 heavy (non-hydrogen) atoms. The molecule has 1 amide bonds. The number of amides is 1. The Balaban J connectivity index is 1.79. The van der Waals surface area contributed by atoms with E-state index in [-0.39, 0.29) is 11.3 Å². The van der Waals surface area contributed by atoms with Crippen LogP contribution in [0.15, 0.2) is 60.6 Å². The second-order valence-electron chi connectivity index (χ2n) is 5.08. The molecular formula is C18H18N4O2. The van der Waals surface area contributed by atoms with Crippen molar-refractivity contribution in [3.8, 4) is 11.8 Å². The fourth-order valence-corrected chi connectivity index (χ4v) is 2.00. The number of nitrogens with one attached hydrogen (secondary N) is 2. The van der Waals surface area contributed by atoms with Crippen LogP contribution in [0.3, 0.4) is 0 Å². The summed E-state index contributed by atoms with van der Waals surface area (Å²) in [5.74, 6) is -0.212. The highest BCUT2D eigenvalue weighted by Gasteiger charge is 2.07. The smallest absolute Gasteiger partial charge is 0.263 e. The number of nitrogens with zero attached hydrogens (tertiary/aromatic N) is 2. The first-order valence-electron chi connectivity index (χ1n) is 7.47. The van der Waals surface area contributed by atoms with Gasteiger partial charge in [0.2, 0.25) is 0 Å². The van der Waals surface area contributed by atoms with Gasteiger partial charge < -0.3 is 15.7 Å². The highest BCUT2D eigenvalue weighted by atomic mass is 16.3. The fourth-order valence-electron chi connectivity index (χ4n) is 2.00. The summed E-state index contributed by atoms with van der Waals surface area (Å²) in [5, 5.41) is 23.9. The Morgan fingerprint density at radius 1 is 1.17 bits per heavy atom. The van der Waals surface area contributed by atoms with E-state index in [1.807, 2.05) is 18.2 Å². The van der Waals surface area contributed by atoms with E-state index in [9.17, 15) is 9.90 Å². The summed E-state index contributed by atoms with van der Waals surface area (Å²) in [4.78, 5) is 15.9. The predicted octanol–water partition coefficient (Wildman–Crippen LogP) is 1.64. The van der Waals surface area contributed by atoms with Gasteiger partial charge in [-0.1, -0.05) is 12.1 Å². The van der Waals surface area contributed by atoms with Gasteiger partial charge in [0, 0.05) is 31.7 Å². The lowest BCUT2D eigenvalue weighted by Gasteiger charge is -2.06. The Kier molecular flexibility index (Phi) is 6.35. The van der Waals surface area contributed by atoms with E-state index < -0.39 is 5.91 Å². The number of rotatable bonds is 7. The molecule has 0 saturated carbocycles. The van der Waals surface area contributed by atoms with Crippen LogP contribution < -0.4 is 10.6 Å². The van der Waals surface area contributed by atoms with E-state index >= 15 is 0 Å². The number of hydrogen-bond acceptors (Lipinski definition) is 5. The molecule has 0 unspecified atom stereocenters. The number of phenolic OH excluding ortho intramolecular Hbond substituents is 1. The Bertz CT molecular complexity index is 734. The molecular weight excluding hydrogens is 304 g/mol. The van der Waals surface area contributed by atoms with Crippen LogP contribution in [0.4, 0.5) is 0 Å². The van der Waals surface area contributed by atoms with Crippen molar-refractivity contribution in [1.82, 2.24) is 15.6 Å². The normalized spacial score (nSPS) is 10.7. The van der Waals surface area contributed by atoms with Crippen LogP contribution in [-0.4, -0.2) is 22.5 Å². The van der Waals surface area contributed by atoms with E-state index in [0.29, 0.717) is 19.5 Å². The lowest BCUT2D eigenvalue weighted by Crippen LogP contribution is -2.27. The van der Waals surface area contributed by atoms with Crippen molar-refractivity contribution in [3.63, 3.8) is 0 Å². The maximum absolute atomic E-state index is 12.0. The van der Waals surface area contributed by atoms with Gasteiger partial charge in [0.25, 0.3) is 5.91 Å². The minimum Gasteiger partial charge on any atom is -0.508 e. The number of benzene rings is 1. The van der Waals surface area contributed by atoms with Crippen molar-refractivity contribution in [1.29, 1.82) is 5.26 Å². The van der Waals surface area contributed by atoms with Crippen molar-refractivity contribution in [2.75, 3.05) is 6.54 Å². The first-order valence-corrected chi connectivity index (χ1v) is 7.47. The third-order valence-electron chi connectivity index (χ3n) is 3.30. The van der Waals surface area contributed by atoms with Gasteiger partial charge in [-0.25, -0.2) is 0 Å². The molecule has 1 heterocycles. The molecule has 3 N–H and O–H groups in total. The fraction of sp³-hybridized carbons (Fsp3) is 0.167. The summed E-state index contributed by atoms with van der Waals surface area (Å²) >= 11 is 0. The average molecular weight is 322 g/mol. The van der Waals surface area contributed by atoms with Gasteiger partial charge in [-0.15, -0.1) is 0 Å². The number of pyridine rings is 1. The zero-order chi connectivity index (χ0) is 17.2. The largest absolute Gasteiger partial charge is 0.508 e. The van der Waals surface area contributed by atoms with E-state index in [1.165, 1.54) is 6.20 Å². The standard InChI is InChI=1S/C18H18N4O2/c19-11-16(13-21-12-15-5-8-20-9-6-15)18(24)22-10-7-14-1-3-17(23)4-2-14/h1-6,8-9,13,21,23H,7,10,12H2,(H,22,24)/b16-13-. The zero-order valence-corrected chi connectivity index (χ0v) is 13.1. The van der Waals surface area contributed by atoms with Crippen LogP contribution in [0.2, 0.25) is 0 Å². The number of aromatic nitrogens is 1. The number of aromatic hydroxyl groups is 1. The van der Waals surface area contributed by atoms with Gasteiger partial charge in [-0.2, -0.15) is 5.26 Å². The van der Waals surface area contributed by atoms with Crippen molar-refractivity contribution in [3.05, 3.63) is 71.7 Å². The van der Waals surface area contributed by atoms with Crippen LogP contribution in [0, 0.1) is 11.3 Å². The molecule has 0 aliphatic carbocycles. The molecule has 0 radical (unpaired) electrons. The van der Waals surface area contributed by atoms with Gasteiger partial charge in [0.15, 0.2) is 0 Å². The van der Waals surface area contributed by atoms with Gasteiger partial charge in [-0.05, 0) is 41.8 Å². The molecule has 1 aromatic heterocycles. The van der Waals surface area contributed by atoms with E-state index in [0.717, 1.165) is 11.1 Å². The second kappa shape index (κ2) is 8.96. The van der Waals surface area contributed by atoms with Gasteiger partial charge in [0.1, 0.15) is 17.4 Å². The lowest BCUT2D eigenvalue weighted by atomic mass is 10.1. The predicted molar refractivity (Wildman–Crippen MR) is 89.6 cm³/mol. The highest BCUT2D eigenvalue weighted by Crippen LogP contribution is 2.09. The lowest BCUT2D eigenvalue weighted by molar-refractivity contribution is -0.117. The summed E-state index contributed by atoms with van der Waals surface area (Å²) in [5.41, 5.74) is 2.02. The Hall–Kier alpha value is -3.33. The van der Waals surface area contributed by atoms with Gasteiger partial charge >= 0.3 is 0 Å². The van der Waals surface area contributed by atoms with Crippen molar-refractivity contribution in [2.45, 2.75) is 13.0 Å². The number of nitriles is 1. The molecule has 0 aliphatic heterocycles. The molecule has 0 spiro atoms. The molecule has 0 bridgehead atoms. The zero-order valence-electron chi connectivity index (χ0n) is 13.1. The first-order chi connectivity index (χ1) is 11.7. The minimum atomic E-state index is -0.418. The van der Waals surface area contributed by atoms with E-state index in [1.54, 1.807) is 36.7 Å².